The molecule has 5 unspecified atom stereocenters. The highest BCUT2D eigenvalue weighted by molar-refractivity contribution is 5.43. The van der Waals surface area contributed by atoms with E-state index in [0.717, 1.165) is 87.6 Å². The molecule has 2 aliphatic rings. The number of ether oxygens (including phenoxy) is 6. The van der Waals surface area contributed by atoms with E-state index in [1.54, 1.807) is 0 Å². The topological polar surface area (TPSA) is 82.2 Å². The van der Waals surface area contributed by atoms with Crippen LogP contribution in [-0.2, 0) is 20.3 Å². The average Bonchev–Trinajstić information content (AvgIpc) is 4.20. The molecule has 0 amide bonds. The molecule has 59 heavy (non-hydrogen) atoms. The van der Waals surface area contributed by atoms with Crippen molar-refractivity contribution in [3.8, 4) is 23.0 Å². The second-order valence-electron chi connectivity index (χ2n) is 18.1. The van der Waals surface area contributed by atoms with E-state index in [4.69, 9.17) is 28.4 Å². The van der Waals surface area contributed by atoms with E-state index in [1.165, 1.54) is 22.3 Å². The van der Waals surface area contributed by atoms with Gasteiger partial charge in [-0.2, -0.15) is 0 Å². The summed E-state index contributed by atoms with van der Waals surface area (Å²) < 4.78 is 36.4. The van der Waals surface area contributed by atoms with E-state index >= 15 is 0 Å². The van der Waals surface area contributed by atoms with Gasteiger partial charge in [-0.15, -0.1) is 0 Å². The van der Waals surface area contributed by atoms with Crippen molar-refractivity contribution in [1.82, 2.24) is 0 Å². The lowest BCUT2D eigenvalue weighted by molar-refractivity contribution is -0.0132. The van der Waals surface area contributed by atoms with Crippen LogP contribution in [-0.4, -0.2) is 61.0 Å². The standard InChI is InChI=1S/C52H70O7/c1-9-13-31-52(12-4,33-47-35-56-47)59-46-28-20-41(21-29-46)49(5,6)38-14-22-43(23-15-38)54-34-42(53)32-51(11-3,30-10-2)58-45-26-18-40(19-27-45)50(7,8)39-16-24-44(25-17-39)55-36-48-37-57-48/h14-29,42,47-48,53H,9-13,30-37H2,1-8H3. The van der Waals surface area contributed by atoms with Gasteiger partial charge in [-0.05, 0) is 103 Å². The number of rotatable bonds is 25. The summed E-state index contributed by atoms with van der Waals surface area (Å²) in [7, 11) is 0. The van der Waals surface area contributed by atoms with Gasteiger partial charge in [0.2, 0.25) is 0 Å². The highest BCUT2D eigenvalue weighted by Crippen LogP contribution is 2.39. The van der Waals surface area contributed by atoms with Gasteiger partial charge in [0.25, 0.3) is 0 Å². The zero-order valence-corrected chi connectivity index (χ0v) is 37.1. The Bertz CT molecular complexity index is 1860. The number of unbranched alkanes of at least 4 members (excludes halogenated alkanes) is 1. The van der Waals surface area contributed by atoms with Crippen molar-refractivity contribution >= 4 is 0 Å². The Balaban J connectivity index is 1.03. The average molecular weight is 807 g/mol. The third kappa shape index (κ3) is 11.8. The quantitative estimate of drug-likeness (QED) is 0.0668. The minimum Gasteiger partial charge on any atom is -0.491 e. The first-order valence-corrected chi connectivity index (χ1v) is 22.3. The van der Waals surface area contributed by atoms with E-state index < -0.39 is 11.7 Å². The zero-order chi connectivity index (χ0) is 42.1. The molecule has 2 saturated heterocycles. The summed E-state index contributed by atoms with van der Waals surface area (Å²) in [6.45, 7) is 20.2. The highest BCUT2D eigenvalue weighted by Gasteiger charge is 2.39. The van der Waals surface area contributed by atoms with Crippen molar-refractivity contribution in [2.45, 2.75) is 154 Å². The number of hydrogen-bond acceptors (Lipinski definition) is 7. The predicted octanol–water partition coefficient (Wildman–Crippen LogP) is 11.8. The van der Waals surface area contributed by atoms with E-state index in [-0.39, 0.29) is 29.1 Å². The number of benzene rings is 4. The van der Waals surface area contributed by atoms with Gasteiger partial charge >= 0.3 is 0 Å². The molecule has 2 fully saturated rings. The summed E-state index contributed by atoms with van der Waals surface area (Å²) >= 11 is 0. The van der Waals surface area contributed by atoms with Crippen molar-refractivity contribution in [3.63, 3.8) is 0 Å². The van der Waals surface area contributed by atoms with Gasteiger partial charge in [-0.25, -0.2) is 0 Å². The molecule has 4 aromatic rings. The first-order chi connectivity index (χ1) is 28.3. The van der Waals surface area contributed by atoms with Crippen LogP contribution in [0.15, 0.2) is 97.1 Å². The molecule has 2 heterocycles. The van der Waals surface area contributed by atoms with Crippen LogP contribution >= 0.6 is 0 Å². The van der Waals surface area contributed by atoms with Crippen LogP contribution in [0.5, 0.6) is 23.0 Å². The number of aliphatic hydroxyl groups is 1. The summed E-state index contributed by atoms with van der Waals surface area (Å²) in [5.74, 6) is 3.33. The first-order valence-electron chi connectivity index (χ1n) is 22.3. The van der Waals surface area contributed by atoms with Crippen LogP contribution < -0.4 is 18.9 Å². The summed E-state index contributed by atoms with van der Waals surface area (Å²) in [5.41, 5.74) is 3.70. The first kappa shape index (κ1) is 44.5. The second-order valence-corrected chi connectivity index (χ2v) is 18.1. The summed E-state index contributed by atoms with van der Waals surface area (Å²) in [6, 6.07) is 33.7. The SMILES string of the molecule is CCCCC(CC)(CC1CO1)Oc1ccc(C(C)(C)c2ccc(OCC(O)CC(CC)(CCC)Oc3ccc(C(C)(C)c4ccc(OCC5CO5)cc4)cc3)cc2)cc1. The molecular formula is C52H70O7. The molecular weight excluding hydrogens is 737 g/mol. The Morgan fingerprint density at radius 1 is 0.559 bits per heavy atom. The lowest BCUT2D eigenvalue weighted by Crippen LogP contribution is -2.40. The summed E-state index contributed by atoms with van der Waals surface area (Å²) in [5, 5.41) is 11.3. The zero-order valence-electron chi connectivity index (χ0n) is 37.1. The molecule has 0 radical (unpaired) electrons. The van der Waals surface area contributed by atoms with Crippen LogP contribution in [0.2, 0.25) is 0 Å². The Hall–Kier alpha value is -4.04. The van der Waals surface area contributed by atoms with Gasteiger partial charge in [0, 0.05) is 23.7 Å². The lowest BCUT2D eigenvalue weighted by Gasteiger charge is -2.35. The molecule has 0 saturated carbocycles. The maximum Gasteiger partial charge on any atom is 0.120 e. The Kier molecular flexibility index (Phi) is 14.8. The summed E-state index contributed by atoms with van der Waals surface area (Å²) in [6.07, 6.45) is 8.18. The highest BCUT2D eigenvalue weighted by atomic mass is 16.6. The molecule has 320 valence electrons. The number of epoxide rings is 2. The maximum absolute atomic E-state index is 11.3. The minimum absolute atomic E-state index is 0.181. The molecule has 2 aliphatic heterocycles. The van der Waals surface area contributed by atoms with Gasteiger partial charge in [0.05, 0.1) is 25.4 Å². The molecule has 1 N–H and O–H groups in total. The van der Waals surface area contributed by atoms with Gasteiger partial charge in [0.15, 0.2) is 0 Å². The van der Waals surface area contributed by atoms with Crippen LogP contribution in [0, 0.1) is 0 Å². The molecule has 7 nitrogen and oxygen atoms in total. The molecule has 0 aliphatic carbocycles. The van der Waals surface area contributed by atoms with Crippen molar-refractivity contribution in [3.05, 3.63) is 119 Å². The second kappa shape index (κ2) is 19.6. The smallest absolute Gasteiger partial charge is 0.120 e. The summed E-state index contributed by atoms with van der Waals surface area (Å²) in [4.78, 5) is 0. The van der Waals surface area contributed by atoms with E-state index in [9.17, 15) is 5.11 Å². The third-order valence-electron chi connectivity index (χ3n) is 12.8. The molecule has 7 heteroatoms. The van der Waals surface area contributed by atoms with Crippen molar-refractivity contribution in [1.29, 1.82) is 0 Å². The van der Waals surface area contributed by atoms with Gasteiger partial charge < -0.3 is 33.5 Å². The van der Waals surface area contributed by atoms with Crippen LogP contribution in [0.4, 0.5) is 0 Å². The molecule has 0 bridgehead atoms. The monoisotopic (exact) mass is 807 g/mol. The number of aliphatic hydroxyl groups excluding tert-OH is 1. The Morgan fingerprint density at radius 3 is 1.39 bits per heavy atom. The fraction of sp³-hybridized carbons (Fsp3) is 0.538. The Morgan fingerprint density at radius 2 is 0.983 bits per heavy atom. The molecule has 5 atom stereocenters. The lowest BCUT2D eigenvalue weighted by atomic mass is 9.78. The van der Waals surface area contributed by atoms with Gasteiger partial charge in [-0.1, -0.05) is 117 Å². The third-order valence-corrected chi connectivity index (χ3v) is 12.8. The largest absolute Gasteiger partial charge is 0.491 e. The van der Waals surface area contributed by atoms with Crippen LogP contribution in [0.3, 0.4) is 0 Å². The molecule has 0 aromatic heterocycles. The fourth-order valence-corrected chi connectivity index (χ4v) is 8.41. The number of hydrogen-bond donors (Lipinski definition) is 1. The predicted molar refractivity (Wildman–Crippen MR) is 237 cm³/mol. The van der Waals surface area contributed by atoms with E-state index in [2.05, 4.69) is 128 Å². The van der Waals surface area contributed by atoms with Crippen LogP contribution in [0.25, 0.3) is 0 Å². The van der Waals surface area contributed by atoms with E-state index in [1.807, 2.05) is 24.3 Å². The molecule has 4 aromatic carbocycles. The van der Waals surface area contributed by atoms with Crippen molar-refractivity contribution in [2.24, 2.45) is 0 Å². The van der Waals surface area contributed by atoms with E-state index in [0.29, 0.717) is 19.1 Å². The van der Waals surface area contributed by atoms with Crippen molar-refractivity contribution < 1.29 is 33.5 Å². The van der Waals surface area contributed by atoms with Gasteiger partial charge in [-0.3, -0.25) is 0 Å². The minimum atomic E-state index is -0.689. The Labute approximate surface area is 354 Å². The van der Waals surface area contributed by atoms with Gasteiger partial charge in [0.1, 0.15) is 53.5 Å². The maximum atomic E-state index is 11.3. The van der Waals surface area contributed by atoms with Crippen molar-refractivity contribution in [2.75, 3.05) is 26.4 Å². The van der Waals surface area contributed by atoms with Crippen LogP contribution in [0.1, 0.15) is 135 Å². The molecule has 6 rings (SSSR count). The molecule has 0 spiro atoms. The normalized spacial score (nSPS) is 18.9. The fourth-order valence-electron chi connectivity index (χ4n) is 8.41.